The normalized spacial score (nSPS) is 22.3. The average Bonchev–Trinajstić information content (AvgIpc) is 2.79. The van der Waals surface area contributed by atoms with Crippen LogP contribution in [0.4, 0.5) is 5.69 Å². The summed E-state index contributed by atoms with van der Waals surface area (Å²) >= 11 is 6.15. The SMILES string of the molecule is CC(C(=O)NC1CCN(c2ccccc2Cl)C1=O)C1CNC1.Cl. The molecule has 126 valence electrons. The second-order valence-corrected chi connectivity index (χ2v) is 6.41. The minimum atomic E-state index is -0.445. The maximum Gasteiger partial charge on any atom is 0.249 e. The molecule has 2 aliphatic heterocycles. The van der Waals surface area contributed by atoms with Crippen LogP contribution in [0.15, 0.2) is 24.3 Å². The molecule has 23 heavy (non-hydrogen) atoms. The molecule has 0 aromatic heterocycles. The highest BCUT2D eigenvalue weighted by Crippen LogP contribution is 2.29. The number of carbonyl (C=O) groups excluding carboxylic acids is 2. The molecule has 2 saturated heterocycles. The number of para-hydroxylation sites is 1. The molecule has 0 spiro atoms. The van der Waals surface area contributed by atoms with Crippen molar-refractivity contribution in [2.75, 3.05) is 24.5 Å². The lowest BCUT2D eigenvalue weighted by Gasteiger charge is -2.32. The van der Waals surface area contributed by atoms with Crippen LogP contribution in [0.3, 0.4) is 0 Å². The van der Waals surface area contributed by atoms with Gasteiger partial charge in [-0.1, -0.05) is 30.7 Å². The molecule has 2 fully saturated rings. The van der Waals surface area contributed by atoms with E-state index in [1.165, 1.54) is 0 Å². The van der Waals surface area contributed by atoms with E-state index in [0.29, 0.717) is 29.6 Å². The number of rotatable bonds is 4. The molecule has 2 heterocycles. The molecule has 1 aromatic rings. The second-order valence-electron chi connectivity index (χ2n) is 6.00. The summed E-state index contributed by atoms with van der Waals surface area (Å²) in [6.07, 6.45) is 0.617. The number of hydrogen-bond donors (Lipinski definition) is 2. The third-order valence-electron chi connectivity index (χ3n) is 4.60. The molecule has 1 aromatic carbocycles. The molecular formula is C16H21Cl2N3O2. The van der Waals surface area contributed by atoms with Crippen molar-refractivity contribution in [2.24, 2.45) is 11.8 Å². The minimum Gasteiger partial charge on any atom is -0.344 e. The van der Waals surface area contributed by atoms with Gasteiger partial charge in [-0.25, -0.2) is 0 Å². The number of nitrogens with zero attached hydrogens (tertiary/aromatic N) is 1. The number of anilines is 1. The van der Waals surface area contributed by atoms with Gasteiger partial charge in [-0.05, 0) is 37.6 Å². The van der Waals surface area contributed by atoms with Crippen molar-refractivity contribution in [3.8, 4) is 0 Å². The fourth-order valence-electron chi connectivity index (χ4n) is 2.91. The summed E-state index contributed by atoms with van der Waals surface area (Å²) in [7, 11) is 0. The number of amides is 2. The Morgan fingerprint density at radius 1 is 1.39 bits per heavy atom. The lowest BCUT2D eigenvalue weighted by molar-refractivity contribution is -0.130. The van der Waals surface area contributed by atoms with Crippen LogP contribution < -0.4 is 15.5 Å². The lowest BCUT2D eigenvalue weighted by Crippen LogP contribution is -2.52. The zero-order valence-electron chi connectivity index (χ0n) is 12.9. The van der Waals surface area contributed by atoms with Crippen LogP contribution in [0.2, 0.25) is 5.02 Å². The van der Waals surface area contributed by atoms with E-state index in [-0.39, 0.29) is 30.1 Å². The summed E-state index contributed by atoms with van der Waals surface area (Å²) in [6.45, 7) is 4.25. The zero-order chi connectivity index (χ0) is 15.7. The minimum absolute atomic E-state index is 0. The van der Waals surface area contributed by atoms with Crippen LogP contribution in [0.25, 0.3) is 0 Å². The van der Waals surface area contributed by atoms with Crippen molar-refractivity contribution in [3.63, 3.8) is 0 Å². The van der Waals surface area contributed by atoms with E-state index in [2.05, 4.69) is 10.6 Å². The number of hydrogen-bond acceptors (Lipinski definition) is 3. The van der Waals surface area contributed by atoms with E-state index in [1.54, 1.807) is 11.0 Å². The van der Waals surface area contributed by atoms with E-state index in [0.717, 1.165) is 13.1 Å². The molecule has 2 atom stereocenters. The van der Waals surface area contributed by atoms with Gasteiger partial charge in [-0.15, -0.1) is 12.4 Å². The Bertz CT molecular complexity index is 592. The summed E-state index contributed by atoms with van der Waals surface area (Å²) in [5.41, 5.74) is 0.710. The van der Waals surface area contributed by atoms with Crippen LogP contribution >= 0.6 is 24.0 Å². The first-order chi connectivity index (χ1) is 10.6. The summed E-state index contributed by atoms with van der Waals surface area (Å²) < 4.78 is 0. The number of benzene rings is 1. The molecule has 2 unspecified atom stereocenters. The summed E-state index contributed by atoms with van der Waals surface area (Å²) in [4.78, 5) is 26.4. The predicted octanol–water partition coefficient (Wildman–Crippen LogP) is 1.84. The van der Waals surface area contributed by atoms with Gasteiger partial charge in [0, 0.05) is 12.5 Å². The van der Waals surface area contributed by atoms with Crippen LogP contribution in [-0.4, -0.2) is 37.5 Å². The summed E-state index contributed by atoms with van der Waals surface area (Å²) in [5, 5.41) is 6.61. The van der Waals surface area contributed by atoms with Gasteiger partial charge in [-0.3, -0.25) is 9.59 Å². The van der Waals surface area contributed by atoms with Crippen molar-refractivity contribution in [1.82, 2.24) is 10.6 Å². The van der Waals surface area contributed by atoms with Crippen LogP contribution in [0.1, 0.15) is 13.3 Å². The van der Waals surface area contributed by atoms with Crippen molar-refractivity contribution >= 4 is 41.5 Å². The van der Waals surface area contributed by atoms with Gasteiger partial charge in [0.15, 0.2) is 0 Å². The maximum atomic E-state index is 12.5. The molecule has 7 heteroatoms. The Labute approximate surface area is 147 Å². The molecule has 0 aliphatic carbocycles. The average molecular weight is 358 g/mol. The van der Waals surface area contributed by atoms with Gasteiger partial charge in [-0.2, -0.15) is 0 Å². The van der Waals surface area contributed by atoms with Crippen LogP contribution in [-0.2, 0) is 9.59 Å². The van der Waals surface area contributed by atoms with Gasteiger partial charge < -0.3 is 15.5 Å². The number of nitrogens with one attached hydrogen (secondary N) is 2. The molecule has 0 bridgehead atoms. The molecule has 2 N–H and O–H groups in total. The Balaban J connectivity index is 0.00000192. The zero-order valence-corrected chi connectivity index (χ0v) is 14.5. The first-order valence-corrected chi connectivity index (χ1v) is 8.02. The second kappa shape index (κ2) is 7.51. The fourth-order valence-corrected chi connectivity index (χ4v) is 3.14. The third kappa shape index (κ3) is 3.62. The number of halogens is 2. The van der Waals surface area contributed by atoms with Crippen LogP contribution in [0.5, 0.6) is 0 Å². The highest BCUT2D eigenvalue weighted by molar-refractivity contribution is 6.34. The summed E-state index contributed by atoms with van der Waals surface area (Å²) in [5.74, 6) is 0.186. The molecule has 0 saturated carbocycles. The van der Waals surface area contributed by atoms with Gasteiger partial charge in [0.2, 0.25) is 11.8 Å². The van der Waals surface area contributed by atoms with E-state index in [9.17, 15) is 9.59 Å². The van der Waals surface area contributed by atoms with Gasteiger partial charge in [0.25, 0.3) is 0 Å². The highest BCUT2D eigenvalue weighted by Gasteiger charge is 2.36. The molecule has 2 aliphatic rings. The third-order valence-corrected chi connectivity index (χ3v) is 4.92. The van der Waals surface area contributed by atoms with Gasteiger partial charge in [0.1, 0.15) is 6.04 Å². The molecular weight excluding hydrogens is 337 g/mol. The molecule has 3 rings (SSSR count). The molecule has 0 radical (unpaired) electrons. The van der Waals surface area contributed by atoms with Crippen molar-refractivity contribution < 1.29 is 9.59 Å². The smallest absolute Gasteiger partial charge is 0.249 e. The van der Waals surface area contributed by atoms with Gasteiger partial charge in [0.05, 0.1) is 10.7 Å². The Kier molecular flexibility index (Phi) is 5.89. The van der Waals surface area contributed by atoms with Gasteiger partial charge >= 0.3 is 0 Å². The Hall–Kier alpha value is -1.30. The lowest BCUT2D eigenvalue weighted by atomic mass is 9.88. The van der Waals surface area contributed by atoms with Crippen molar-refractivity contribution in [1.29, 1.82) is 0 Å². The standard InChI is InChI=1S/C16H20ClN3O2.ClH/c1-10(11-8-18-9-11)15(21)19-13-6-7-20(16(13)22)14-5-3-2-4-12(14)17;/h2-5,10-11,13,18H,6-9H2,1H3,(H,19,21);1H. The fraction of sp³-hybridized carbons (Fsp3) is 0.500. The van der Waals surface area contributed by atoms with E-state index < -0.39 is 6.04 Å². The first kappa shape index (κ1) is 18.0. The van der Waals surface area contributed by atoms with Crippen molar-refractivity contribution in [2.45, 2.75) is 19.4 Å². The predicted molar refractivity (Wildman–Crippen MR) is 93.1 cm³/mol. The first-order valence-electron chi connectivity index (χ1n) is 7.65. The van der Waals surface area contributed by atoms with Crippen molar-refractivity contribution in [3.05, 3.63) is 29.3 Å². The van der Waals surface area contributed by atoms with E-state index in [1.807, 2.05) is 25.1 Å². The largest absolute Gasteiger partial charge is 0.344 e. The van der Waals surface area contributed by atoms with E-state index >= 15 is 0 Å². The summed E-state index contributed by atoms with van der Waals surface area (Å²) in [6, 6.07) is 6.83. The topological polar surface area (TPSA) is 61.4 Å². The van der Waals surface area contributed by atoms with E-state index in [4.69, 9.17) is 11.6 Å². The monoisotopic (exact) mass is 357 g/mol. The maximum absolute atomic E-state index is 12.5. The molecule has 5 nitrogen and oxygen atoms in total. The number of carbonyl (C=O) groups is 2. The quantitative estimate of drug-likeness (QED) is 0.864. The molecule has 2 amide bonds. The highest BCUT2D eigenvalue weighted by atomic mass is 35.5. The Morgan fingerprint density at radius 3 is 2.70 bits per heavy atom. The van der Waals surface area contributed by atoms with Crippen LogP contribution in [0, 0.1) is 11.8 Å². The Morgan fingerprint density at radius 2 is 2.09 bits per heavy atom.